The zero-order valence-electron chi connectivity index (χ0n) is 17.1. The van der Waals surface area contributed by atoms with Crippen molar-refractivity contribution in [2.75, 3.05) is 32.7 Å². The highest BCUT2D eigenvalue weighted by Gasteiger charge is 2.38. The minimum atomic E-state index is -0.164. The van der Waals surface area contributed by atoms with E-state index in [2.05, 4.69) is 82.4 Å². The Hall–Kier alpha value is -1.52. The number of hydrogen-bond acceptors (Lipinski definition) is 5. The third kappa shape index (κ3) is 4.14. The van der Waals surface area contributed by atoms with Crippen molar-refractivity contribution >= 4 is 49.1 Å². The fourth-order valence-electron chi connectivity index (χ4n) is 4.50. The normalized spacial score (nSPS) is 18.7. The van der Waals surface area contributed by atoms with Crippen molar-refractivity contribution in [3.8, 4) is 11.3 Å². The zero-order valence-corrected chi connectivity index (χ0v) is 21.1. The lowest BCUT2D eigenvalue weighted by Crippen LogP contribution is -2.49. The van der Waals surface area contributed by atoms with Crippen LogP contribution in [0.4, 0.5) is 0 Å². The molecule has 1 aromatic carbocycles. The number of rotatable bonds is 5. The maximum atomic E-state index is 13.0. The fourth-order valence-corrected chi connectivity index (χ4v) is 7.75. The van der Waals surface area contributed by atoms with Crippen LogP contribution >= 0.6 is 43.2 Å². The van der Waals surface area contributed by atoms with Crippen LogP contribution in [0, 0.1) is 0 Å². The van der Waals surface area contributed by atoms with E-state index in [0.29, 0.717) is 6.54 Å². The van der Waals surface area contributed by atoms with E-state index in [1.165, 1.54) is 5.56 Å². The number of piperazine rings is 1. The highest BCUT2D eigenvalue weighted by molar-refractivity contribution is 9.12. The molecule has 5 rings (SSSR count). The molecule has 1 aliphatic heterocycles. The molecule has 0 radical (unpaired) electrons. The Morgan fingerprint density at radius 3 is 2.58 bits per heavy atom. The van der Waals surface area contributed by atoms with Crippen LogP contribution in [-0.4, -0.2) is 58.2 Å². The number of halogens is 2. The molecule has 2 aromatic heterocycles. The molecule has 1 fully saturated rings. The van der Waals surface area contributed by atoms with Crippen molar-refractivity contribution in [1.29, 1.82) is 0 Å². The van der Waals surface area contributed by atoms with Crippen LogP contribution in [0.15, 0.2) is 44.1 Å². The number of carbonyl (C=O) groups excluding carboxylic acids is 1. The number of aromatic nitrogens is 2. The molecule has 31 heavy (non-hydrogen) atoms. The molecular weight excluding hydrogens is 542 g/mol. The summed E-state index contributed by atoms with van der Waals surface area (Å²) in [5, 5.41) is 7.69. The number of amides is 1. The van der Waals surface area contributed by atoms with E-state index >= 15 is 0 Å². The molecule has 6 nitrogen and oxygen atoms in total. The molecule has 0 spiro atoms. The Morgan fingerprint density at radius 1 is 1.13 bits per heavy atom. The summed E-state index contributed by atoms with van der Waals surface area (Å²) in [6, 6.07) is 10.4. The molecule has 1 atom stereocenters. The molecule has 9 heteroatoms. The molecule has 1 saturated heterocycles. The first-order valence-corrected chi connectivity index (χ1v) is 12.7. The van der Waals surface area contributed by atoms with Gasteiger partial charge in [0.25, 0.3) is 0 Å². The van der Waals surface area contributed by atoms with Gasteiger partial charge in [0, 0.05) is 56.5 Å². The Kier molecular flexibility index (Phi) is 6.04. The van der Waals surface area contributed by atoms with E-state index in [1.807, 2.05) is 17.9 Å². The quantitative estimate of drug-likeness (QED) is 0.509. The first-order valence-electron chi connectivity index (χ1n) is 10.3. The molecule has 2 aliphatic rings. The smallest absolute Gasteiger partial charge is 0.234 e. The number of thiophene rings is 1. The van der Waals surface area contributed by atoms with E-state index < -0.39 is 0 Å². The molecule has 3 aromatic rings. The fraction of sp³-hybridized carbons (Fsp3) is 0.364. The van der Waals surface area contributed by atoms with Gasteiger partial charge in [0.1, 0.15) is 0 Å². The summed E-state index contributed by atoms with van der Waals surface area (Å²) >= 11 is 9.01. The Bertz CT molecular complexity index is 1100. The SMILES string of the molecule is Cn1ncc2c1-c1c(Br)sc(Br)c1C2NC(=O)CN1CCN(Cc2ccccc2)CC1. The lowest BCUT2D eigenvalue weighted by atomic mass is 10.1. The van der Waals surface area contributed by atoms with E-state index in [4.69, 9.17) is 0 Å². The average molecular weight is 565 g/mol. The summed E-state index contributed by atoms with van der Waals surface area (Å²) in [5.41, 5.74) is 5.73. The number of carbonyl (C=O) groups is 1. The third-order valence-corrected chi connectivity index (χ3v) is 8.62. The monoisotopic (exact) mass is 563 g/mol. The van der Waals surface area contributed by atoms with Crippen molar-refractivity contribution in [3.63, 3.8) is 0 Å². The molecular formula is C22H23Br2N5OS. The highest BCUT2D eigenvalue weighted by Crippen LogP contribution is 2.53. The molecule has 0 bridgehead atoms. The van der Waals surface area contributed by atoms with Crippen LogP contribution in [0.3, 0.4) is 0 Å². The van der Waals surface area contributed by atoms with Crippen molar-refractivity contribution in [1.82, 2.24) is 24.9 Å². The highest BCUT2D eigenvalue weighted by atomic mass is 79.9. The second kappa shape index (κ2) is 8.78. The minimum Gasteiger partial charge on any atom is -0.344 e. The van der Waals surface area contributed by atoms with Crippen molar-refractivity contribution in [3.05, 3.63) is 60.8 Å². The summed E-state index contributed by atoms with van der Waals surface area (Å²) < 4.78 is 3.99. The molecule has 0 saturated carbocycles. The van der Waals surface area contributed by atoms with Gasteiger partial charge in [-0.05, 0) is 37.4 Å². The van der Waals surface area contributed by atoms with Gasteiger partial charge in [0.15, 0.2) is 0 Å². The van der Waals surface area contributed by atoms with Crippen LogP contribution < -0.4 is 5.32 Å². The van der Waals surface area contributed by atoms with E-state index in [-0.39, 0.29) is 11.9 Å². The summed E-state index contributed by atoms with van der Waals surface area (Å²) in [6.45, 7) is 5.15. The van der Waals surface area contributed by atoms with Gasteiger partial charge in [0.05, 0.1) is 32.1 Å². The van der Waals surface area contributed by atoms with Gasteiger partial charge in [0.2, 0.25) is 5.91 Å². The van der Waals surface area contributed by atoms with Gasteiger partial charge < -0.3 is 5.32 Å². The second-order valence-corrected chi connectivity index (χ2v) is 11.7. The number of benzene rings is 1. The lowest BCUT2D eigenvalue weighted by molar-refractivity contribution is -0.123. The van der Waals surface area contributed by atoms with E-state index in [0.717, 1.165) is 62.7 Å². The second-order valence-electron chi connectivity index (χ2n) is 8.05. The number of aryl methyl sites for hydroxylation is 1. The summed E-state index contributed by atoms with van der Waals surface area (Å²) in [5.74, 6) is 0.0541. The zero-order chi connectivity index (χ0) is 21.5. The first kappa shape index (κ1) is 21.3. The molecule has 1 amide bonds. The molecule has 1 aliphatic carbocycles. The van der Waals surface area contributed by atoms with E-state index in [1.54, 1.807) is 11.3 Å². The standard InChI is InChI=1S/C22H23Br2N5OS/c1-27-20-15(11-25-27)19(17-18(20)22(24)31-21(17)23)26-16(30)13-29-9-7-28(8-10-29)12-14-5-3-2-4-6-14/h2-6,11,19H,7-10,12-13H2,1H3,(H,26,30). The van der Waals surface area contributed by atoms with Crippen molar-refractivity contribution < 1.29 is 4.79 Å². The Labute approximate surface area is 202 Å². The van der Waals surface area contributed by atoms with Crippen LogP contribution in [0.5, 0.6) is 0 Å². The maximum Gasteiger partial charge on any atom is 0.234 e. The van der Waals surface area contributed by atoms with Gasteiger partial charge >= 0.3 is 0 Å². The van der Waals surface area contributed by atoms with Crippen LogP contribution in [0.2, 0.25) is 0 Å². The van der Waals surface area contributed by atoms with Crippen LogP contribution in [0.1, 0.15) is 22.7 Å². The Morgan fingerprint density at radius 2 is 1.84 bits per heavy atom. The van der Waals surface area contributed by atoms with E-state index in [9.17, 15) is 4.79 Å². The van der Waals surface area contributed by atoms with Crippen LogP contribution in [-0.2, 0) is 18.4 Å². The summed E-state index contributed by atoms with van der Waals surface area (Å²) in [7, 11) is 1.94. The average Bonchev–Trinajstić information content (AvgIpc) is 3.37. The topological polar surface area (TPSA) is 53.4 Å². The maximum absolute atomic E-state index is 13.0. The number of nitrogens with one attached hydrogen (secondary N) is 1. The molecule has 1 unspecified atom stereocenters. The van der Waals surface area contributed by atoms with Crippen molar-refractivity contribution in [2.24, 2.45) is 7.05 Å². The number of fused-ring (bicyclic) bond motifs is 3. The molecule has 3 heterocycles. The first-order chi connectivity index (χ1) is 15.0. The molecule has 1 N–H and O–H groups in total. The minimum absolute atomic E-state index is 0.0541. The van der Waals surface area contributed by atoms with Crippen LogP contribution in [0.25, 0.3) is 11.3 Å². The Balaban J connectivity index is 1.21. The largest absolute Gasteiger partial charge is 0.344 e. The third-order valence-electron chi connectivity index (χ3n) is 6.05. The van der Waals surface area contributed by atoms with Gasteiger partial charge in [-0.1, -0.05) is 30.3 Å². The predicted molar refractivity (Wildman–Crippen MR) is 130 cm³/mol. The van der Waals surface area contributed by atoms with Crippen molar-refractivity contribution in [2.45, 2.75) is 12.6 Å². The lowest BCUT2D eigenvalue weighted by Gasteiger charge is -2.34. The van der Waals surface area contributed by atoms with Gasteiger partial charge in [-0.3, -0.25) is 19.3 Å². The van der Waals surface area contributed by atoms with Gasteiger partial charge in [-0.15, -0.1) is 11.3 Å². The van der Waals surface area contributed by atoms with Gasteiger partial charge in [-0.25, -0.2) is 0 Å². The molecule has 162 valence electrons. The van der Waals surface area contributed by atoms with Gasteiger partial charge in [-0.2, -0.15) is 5.10 Å². The summed E-state index contributed by atoms with van der Waals surface area (Å²) in [4.78, 5) is 17.7. The predicted octanol–water partition coefficient (Wildman–Crippen LogP) is 4.01. The number of hydrogen-bond donors (Lipinski definition) is 1. The summed E-state index contributed by atoms with van der Waals surface area (Å²) in [6.07, 6.45) is 1.87. The number of nitrogens with zero attached hydrogens (tertiary/aromatic N) is 4.